The fourth-order valence-corrected chi connectivity index (χ4v) is 3.03. The molecule has 2 aromatic carbocycles. The topological polar surface area (TPSA) is 59.8 Å². The zero-order valence-electron chi connectivity index (χ0n) is 16.1. The minimum Gasteiger partial charge on any atom is -0.450 e. The van der Waals surface area contributed by atoms with E-state index >= 15 is 0 Å². The predicted octanol–water partition coefficient (Wildman–Crippen LogP) is 4.62. The van der Waals surface area contributed by atoms with Gasteiger partial charge in [0.1, 0.15) is 11.6 Å². The molecule has 0 spiro atoms. The average molecular weight is 413 g/mol. The van der Waals surface area contributed by atoms with Crippen molar-refractivity contribution in [1.82, 2.24) is 4.90 Å². The lowest BCUT2D eigenvalue weighted by molar-refractivity contribution is -0.133. The van der Waals surface area contributed by atoms with E-state index in [4.69, 9.17) is 9.15 Å². The van der Waals surface area contributed by atoms with Crippen molar-refractivity contribution < 1.29 is 23.1 Å². The molecular formula is C22H20FNO4S. The predicted molar refractivity (Wildman–Crippen MR) is 109 cm³/mol. The van der Waals surface area contributed by atoms with Crippen LogP contribution in [0.3, 0.4) is 0 Å². The van der Waals surface area contributed by atoms with Gasteiger partial charge >= 0.3 is 5.97 Å². The van der Waals surface area contributed by atoms with Crippen LogP contribution in [0.4, 0.5) is 4.39 Å². The SMILES string of the molecule is CSc1ccc(CN(C)C(=O)COC(=O)c2ccc(-c3ccc(F)cc3)o2)cc1. The Morgan fingerprint density at radius 2 is 1.72 bits per heavy atom. The minimum atomic E-state index is -0.732. The number of halogens is 1. The fourth-order valence-electron chi connectivity index (χ4n) is 2.62. The Kier molecular flexibility index (Phi) is 6.72. The van der Waals surface area contributed by atoms with Crippen LogP contribution >= 0.6 is 11.8 Å². The molecule has 3 aromatic rings. The number of carbonyl (C=O) groups is 2. The highest BCUT2D eigenvalue weighted by atomic mass is 32.2. The zero-order chi connectivity index (χ0) is 20.8. The number of amides is 1. The number of carbonyl (C=O) groups excluding carboxylic acids is 2. The second-order valence-corrected chi connectivity index (χ2v) is 7.22. The number of hydrogen-bond acceptors (Lipinski definition) is 5. The summed E-state index contributed by atoms with van der Waals surface area (Å²) in [7, 11) is 1.65. The van der Waals surface area contributed by atoms with Gasteiger partial charge in [-0.1, -0.05) is 12.1 Å². The Hall–Kier alpha value is -3.06. The summed E-state index contributed by atoms with van der Waals surface area (Å²) in [6, 6.07) is 16.7. The lowest BCUT2D eigenvalue weighted by atomic mass is 10.2. The first kappa shape index (κ1) is 20.7. The van der Waals surface area contributed by atoms with Crippen LogP contribution < -0.4 is 0 Å². The lowest BCUT2D eigenvalue weighted by Crippen LogP contribution is -2.30. The third kappa shape index (κ3) is 5.48. The zero-order valence-corrected chi connectivity index (χ0v) is 16.9. The summed E-state index contributed by atoms with van der Waals surface area (Å²) in [6.45, 7) is 0.0331. The Labute approximate surface area is 172 Å². The van der Waals surface area contributed by atoms with Crippen molar-refractivity contribution in [2.45, 2.75) is 11.4 Å². The first-order valence-corrected chi connectivity index (χ1v) is 10.1. The molecule has 0 aliphatic rings. The smallest absolute Gasteiger partial charge is 0.374 e. The molecule has 29 heavy (non-hydrogen) atoms. The van der Waals surface area contributed by atoms with Gasteiger partial charge in [-0.2, -0.15) is 0 Å². The molecule has 3 rings (SSSR count). The number of benzene rings is 2. The fraction of sp³-hybridized carbons (Fsp3) is 0.182. The first-order valence-electron chi connectivity index (χ1n) is 8.86. The number of likely N-dealkylation sites (N-methyl/N-ethyl adjacent to an activating group) is 1. The van der Waals surface area contributed by atoms with E-state index in [1.807, 2.05) is 30.5 Å². The van der Waals surface area contributed by atoms with Gasteiger partial charge in [-0.05, 0) is 60.4 Å². The molecule has 0 saturated carbocycles. The molecule has 1 aromatic heterocycles. The lowest BCUT2D eigenvalue weighted by Gasteiger charge is -2.17. The van der Waals surface area contributed by atoms with E-state index in [9.17, 15) is 14.0 Å². The summed E-state index contributed by atoms with van der Waals surface area (Å²) in [4.78, 5) is 27.0. The maximum atomic E-state index is 13.0. The van der Waals surface area contributed by atoms with Gasteiger partial charge in [-0.25, -0.2) is 9.18 Å². The normalized spacial score (nSPS) is 10.6. The molecule has 0 fully saturated rings. The highest BCUT2D eigenvalue weighted by molar-refractivity contribution is 7.98. The molecule has 0 unspecified atom stereocenters. The first-order chi connectivity index (χ1) is 14.0. The van der Waals surface area contributed by atoms with E-state index in [2.05, 4.69) is 0 Å². The van der Waals surface area contributed by atoms with E-state index in [0.717, 1.165) is 10.5 Å². The molecule has 7 heteroatoms. The summed E-state index contributed by atoms with van der Waals surface area (Å²) in [5, 5.41) is 0. The standard InChI is InChI=1S/C22H20FNO4S/c1-24(13-15-3-9-18(29-2)10-4-15)21(25)14-27-22(26)20-12-11-19(28-20)16-5-7-17(23)8-6-16/h3-12H,13-14H2,1-2H3. The third-order valence-corrected chi connectivity index (χ3v) is 5.01. The summed E-state index contributed by atoms with van der Waals surface area (Å²) >= 11 is 1.65. The van der Waals surface area contributed by atoms with Gasteiger partial charge in [-0.15, -0.1) is 11.8 Å². The summed E-state index contributed by atoms with van der Waals surface area (Å²) in [5.74, 6) is -1.02. The van der Waals surface area contributed by atoms with Gasteiger partial charge in [0, 0.05) is 24.1 Å². The molecule has 0 bridgehead atoms. The molecule has 1 amide bonds. The molecular weight excluding hydrogens is 393 g/mol. The third-order valence-electron chi connectivity index (χ3n) is 4.27. The van der Waals surface area contributed by atoms with Gasteiger partial charge in [0.2, 0.25) is 5.76 Å². The van der Waals surface area contributed by atoms with Gasteiger partial charge in [-0.3, -0.25) is 4.79 Å². The van der Waals surface area contributed by atoms with Crippen molar-refractivity contribution in [2.24, 2.45) is 0 Å². The molecule has 0 aliphatic carbocycles. The number of hydrogen-bond donors (Lipinski definition) is 0. The number of esters is 1. The second kappa shape index (κ2) is 9.43. The van der Waals surface area contributed by atoms with Crippen molar-refractivity contribution in [3.63, 3.8) is 0 Å². The monoisotopic (exact) mass is 413 g/mol. The minimum absolute atomic E-state index is 0.0209. The maximum Gasteiger partial charge on any atom is 0.374 e. The van der Waals surface area contributed by atoms with Crippen molar-refractivity contribution in [1.29, 1.82) is 0 Å². The van der Waals surface area contributed by atoms with Gasteiger partial charge in [0.05, 0.1) is 0 Å². The largest absolute Gasteiger partial charge is 0.450 e. The van der Waals surface area contributed by atoms with E-state index in [-0.39, 0.29) is 24.1 Å². The van der Waals surface area contributed by atoms with Gasteiger partial charge in [0.15, 0.2) is 6.61 Å². The van der Waals surface area contributed by atoms with E-state index < -0.39 is 5.97 Å². The molecule has 1 heterocycles. The van der Waals surface area contributed by atoms with Crippen LogP contribution in [0.5, 0.6) is 0 Å². The van der Waals surface area contributed by atoms with Crippen LogP contribution in [0.1, 0.15) is 16.1 Å². The molecule has 5 nitrogen and oxygen atoms in total. The average Bonchev–Trinajstić information content (AvgIpc) is 3.23. The molecule has 0 atom stereocenters. The van der Waals surface area contributed by atoms with Crippen LogP contribution in [0.2, 0.25) is 0 Å². The Morgan fingerprint density at radius 3 is 2.38 bits per heavy atom. The van der Waals surface area contributed by atoms with Crippen LogP contribution in [0, 0.1) is 5.82 Å². The molecule has 150 valence electrons. The quantitative estimate of drug-likeness (QED) is 0.418. The van der Waals surface area contributed by atoms with Crippen LogP contribution in [-0.4, -0.2) is 36.7 Å². The summed E-state index contributed by atoms with van der Waals surface area (Å²) < 4.78 is 23.5. The Morgan fingerprint density at radius 1 is 1.03 bits per heavy atom. The molecule has 0 aliphatic heterocycles. The number of rotatable bonds is 7. The number of ether oxygens (including phenoxy) is 1. The van der Waals surface area contributed by atoms with Crippen molar-refractivity contribution in [3.8, 4) is 11.3 Å². The van der Waals surface area contributed by atoms with E-state index in [0.29, 0.717) is 17.9 Å². The maximum absolute atomic E-state index is 13.0. The molecule has 0 radical (unpaired) electrons. The highest BCUT2D eigenvalue weighted by Gasteiger charge is 2.17. The number of thioether (sulfide) groups is 1. The summed E-state index contributed by atoms with van der Waals surface area (Å²) in [6.07, 6.45) is 2.00. The van der Waals surface area contributed by atoms with Gasteiger partial charge in [0.25, 0.3) is 5.91 Å². The molecule has 0 saturated heterocycles. The van der Waals surface area contributed by atoms with Crippen molar-refractivity contribution in [2.75, 3.05) is 19.9 Å². The highest BCUT2D eigenvalue weighted by Crippen LogP contribution is 2.23. The van der Waals surface area contributed by atoms with Crippen LogP contribution in [0.15, 0.2) is 70.0 Å². The van der Waals surface area contributed by atoms with E-state index in [1.165, 1.54) is 23.1 Å². The van der Waals surface area contributed by atoms with Crippen LogP contribution in [0.25, 0.3) is 11.3 Å². The van der Waals surface area contributed by atoms with Gasteiger partial charge < -0.3 is 14.1 Å². The number of nitrogens with zero attached hydrogens (tertiary/aromatic N) is 1. The van der Waals surface area contributed by atoms with Crippen molar-refractivity contribution in [3.05, 3.63) is 77.8 Å². The van der Waals surface area contributed by atoms with E-state index in [1.54, 1.807) is 37.0 Å². The Balaban J connectivity index is 1.53. The molecule has 0 N–H and O–H groups in total. The second-order valence-electron chi connectivity index (χ2n) is 6.34. The Bertz CT molecular complexity index is 983. The van der Waals surface area contributed by atoms with Crippen molar-refractivity contribution >= 4 is 23.6 Å². The summed E-state index contributed by atoms with van der Waals surface area (Å²) in [5.41, 5.74) is 1.62. The number of furan rings is 1. The van der Waals surface area contributed by atoms with Crippen LogP contribution in [-0.2, 0) is 16.1 Å².